The normalized spacial score (nSPS) is 12.9. The fourth-order valence-electron chi connectivity index (χ4n) is 0.184. The average molecular weight is 144 g/mol. The summed E-state index contributed by atoms with van der Waals surface area (Å²) in [7, 11) is 0. The van der Waals surface area contributed by atoms with Crippen LogP contribution in [0.25, 0.3) is 0 Å². The number of hydrogen-bond acceptors (Lipinski definition) is 2. The second kappa shape index (κ2) is 4.46. The minimum absolute atomic E-state index is 0.531. The number of amides is 2. The molecule has 0 heterocycles. The Morgan fingerprint density at radius 1 is 2.00 bits per heavy atom. The Morgan fingerprint density at radius 3 is 2.62 bits per heavy atom. The van der Waals surface area contributed by atoms with E-state index in [9.17, 15) is 9.35 Å². The molecule has 0 aromatic heterocycles. The van der Waals surface area contributed by atoms with Crippen LogP contribution in [0.4, 0.5) is 4.79 Å². The van der Waals surface area contributed by atoms with Crippen LogP contribution in [0.3, 0.4) is 0 Å². The van der Waals surface area contributed by atoms with Crippen molar-refractivity contribution in [3.05, 3.63) is 0 Å². The van der Waals surface area contributed by atoms with Gasteiger partial charge in [0.25, 0.3) is 0 Å². The molecule has 0 aromatic rings. The van der Waals surface area contributed by atoms with Crippen molar-refractivity contribution in [1.82, 2.24) is 4.72 Å². The number of nitrogens with one attached hydrogen (secondary N) is 1. The Bertz CT molecular complexity index is 90.1. The molecule has 0 fully saturated rings. The fourth-order valence-corrected chi connectivity index (χ4v) is 0.986. The van der Waals surface area contributed by atoms with Gasteiger partial charge in [0.2, 0.25) is 0 Å². The molecule has 2 amide bonds. The van der Waals surface area contributed by atoms with Gasteiger partial charge < -0.3 is 0 Å². The summed E-state index contributed by atoms with van der Waals surface area (Å²) in [5.41, 5.74) is 4.64. The number of hydrogen-bond donors (Lipinski definition) is 2. The first-order chi connectivity index (χ1) is 3.66. The van der Waals surface area contributed by atoms with E-state index < -0.39 is 17.4 Å². The summed E-state index contributed by atoms with van der Waals surface area (Å²) in [5.74, 6) is 0. The van der Waals surface area contributed by atoms with Gasteiger partial charge in [0.15, 0.2) is 0 Å². The van der Waals surface area contributed by atoms with Gasteiger partial charge in [0.05, 0.1) is 0 Å². The Labute approximate surface area is 67.9 Å². The van der Waals surface area contributed by atoms with Gasteiger partial charge in [-0.25, -0.2) is 0 Å². The number of nitrogens with two attached hydrogens (primary N) is 1. The molecule has 3 N–H and O–H groups in total. The summed E-state index contributed by atoms with van der Waals surface area (Å²) < 4.78 is 12.9. The molecule has 0 radical (unpaired) electrons. The standard InChI is InChI=1S/C2H5N2O2S.Na/c1-7(6)4-2(3)5;/h1H2,(H3,3,4,5);. The van der Waals surface area contributed by atoms with Gasteiger partial charge in [-0.3, -0.25) is 0 Å². The van der Waals surface area contributed by atoms with Gasteiger partial charge in [-0.05, 0) is 0 Å². The van der Waals surface area contributed by atoms with Crippen molar-refractivity contribution in [2.24, 2.45) is 5.73 Å². The van der Waals surface area contributed by atoms with Crippen LogP contribution in [0, 0.1) is 0 Å². The Hall–Kier alpha value is 0.580. The molecule has 0 aliphatic heterocycles. The molecule has 0 saturated heterocycles. The Morgan fingerprint density at radius 2 is 2.50 bits per heavy atom. The Kier molecular flexibility index (Phi) is 4.78. The molecule has 0 spiro atoms. The molecule has 4 nitrogen and oxygen atoms in total. The maximum atomic E-state index is 10.4. The van der Waals surface area contributed by atoms with Crippen LogP contribution in [-0.2, 0) is 11.4 Å². The van der Waals surface area contributed by atoms with E-state index in [2.05, 4.69) is 5.73 Å². The summed E-state index contributed by atoms with van der Waals surface area (Å²) in [4.78, 5) is 9.90. The molecule has 0 aliphatic carbocycles. The van der Waals surface area contributed by atoms with E-state index in [1.165, 1.54) is 0 Å². The molecule has 0 rings (SSSR count). The SMILES string of the molecule is NC(=O)N[S+]([O-])[CH2][Na]. The molecule has 8 heavy (non-hydrogen) atoms. The van der Waals surface area contributed by atoms with Crippen molar-refractivity contribution in [3.8, 4) is 0 Å². The van der Waals surface area contributed by atoms with Crippen molar-refractivity contribution < 1.29 is 9.35 Å². The monoisotopic (exact) mass is 144 g/mol. The van der Waals surface area contributed by atoms with Gasteiger partial charge in [-0.15, -0.1) is 0 Å². The summed E-state index contributed by atoms with van der Waals surface area (Å²) in [6, 6.07) is -0.723. The molecular weight excluding hydrogens is 139 g/mol. The molecule has 0 saturated carbocycles. The van der Waals surface area contributed by atoms with Crippen molar-refractivity contribution in [1.29, 1.82) is 0 Å². The zero-order chi connectivity index (χ0) is 6.57. The third-order valence-corrected chi connectivity index (χ3v) is 3.00. The van der Waals surface area contributed by atoms with E-state index in [-0.39, 0.29) is 0 Å². The van der Waals surface area contributed by atoms with Gasteiger partial charge >= 0.3 is 68.1 Å². The first kappa shape index (κ1) is 8.58. The molecule has 1 atom stereocenters. The van der Waals surface area contributed by atoms with E-state index in [0.29, 0.717) is 3.00 Å². The van der Waals surface area contributed by atoms with E-state index in [1.807, 2.05) is 4.72 Å². The van der Waals surface area contributed by atoms with Crippen LogP contribution in [-0.4, -0.2) is 41.5 Å². The number of carbonyl (C=O) groups is 1. The summed E-state index contributed by atoms with van der Waals surface area (Å²) >= 11 is -0.412. The second-order valence-corrected chi connectivity index (χ2v) is 4.31. The number of carbonyl (C=O) groups excluding carboxylic acids is 1. The first-order valence-corrected chi connectivity index (χ1v) is 4.84. The molecule has 6 heteroatoms. The van der Waals surface area contributed by atoms with Crippen LogP contribution < -0.4 is 10.5 Å². The van der Waals surface area contributed by atoms with Gasteiger partial charge in [0, 0.05) is 0 Å². The van der Waals surface area contributed by atoms with Crippen molar-refractivity contribution in [3.63, 3.8) is 0 Å². The minimum atomic E-state index is -1.22. The first-order valence-electron chi connectivity index (χ1n) is 2.11. The summed E-state index contributed by atoms with van der Waals surface area (Å²) in [6.45, 7) is 0. The predicted molar refractivity (Wildman–Crippen MR) is 31.5 cm³/mol. The molecule has 0 aromatic carbocycles. The molecular formula is C2H5N2NaO2S. The van der Waals surface area contributed by atoms with Crippen LogP contribution in [0.15, 0.2) is 0 Å². The quantitative estimate of drug-likeness (QED) is 0.363. The molecule has 0 aliphatic rings. The zero-order valence-electron chi connectivity index (χ0n) is 4.51. The van der Waals surface area contributed by atoms with E-state index in [1.54, 1.807) is 0 Å². The topological polar surface area (TPSA) is 78.2 Å². The average Bonchev–Trinajstić information content (AvgIpc) is 1.65. The second-order valence-electron chi connectivity index (χ2n) is 1.10. The van der Waals surface area contributed by atoms with Crippen LogP contribution in [0.5, 0.6) is 0 Å². The third kappa shape index (κ3) is 4.73. The van der Waals surface area contributed by atoms with Crippen molar-refractivity contribution in [2.75, 3.05) is 3.00 Å². The van der Waals surface area contributed by atoms with E-state index in [4.69, 9.17) is 0 Å². The van der Waals surface area contributed by atoms with Crippen molar-refractivity contribution in [2.45, 2.75) is 0 Å². The maximum absolute atomic E-state index is 10.4. The molecule has 0 bridgehead atoms. The fraction of sp³-hybridized carbons (Fsp3) is 0.500. The van der Waals surface area contributed by atoms with E-state index in [0.717, 1.165) is 27.9 Å². The number of rotatable bonds is 2. The molecule has 1 unspecified atom stereocenters. The van der Waals surface area contributed by atoms with Crippen LogP contribution in [0.1, 0.15) is 0 Å². The van der Waals surface area contributed by atoms with Gasteiger partial charge in [0.1, 0.15) is 0 Å². The number of primary amides is 1. The van der Waals surface area contributed by atoms with E-state index >= 15 is 0 Å². The predicted octanol–water partition coefficient (Wildman–Crippen LogP) is -1.56. The number of urea groups is 1. The Balaban J connectivity index is 3.24. The molecule has 42 valence electrons. The summed E-state index contributed by atoms with van der Waals surface area (Å²) in [6.07, 6.45) is 0. The van der Waals surface area contributed by atoms with Gasteiger partial charge in [-0.2, -0.15) is 0 Å². The summed E-state index contributed by atoms with van der Waals surface area (Å²) in [5, 5.41) is 0. The van der Waals surface area contributed by atoms with Crippen molar-refractivity contribution >= 4 is 45.3 Å². The third-order valence-electron chi connectivity index (χ3n) is 0.477. The van der Waals surface area contributed by atoms with Crippen LogP contribution in [0.2, 0.25) is 0 Å². The van der Waals surface area contributed by atoms with Gasteiger partial charge in [-0.1, -0.05) is 0 Å². The van der Waals surface area contributed by atoms with Crippen LogP contribution >= 0.6 is 0 Å². The zero-order valence-corrected chi connectivity index (χ0v) is 7.33.